The van der Waals surface area contributed by atoms with Crippen LogP contribution in [-0.2, 0) is 15.1 Å². The first-order valence-corrected chi connectivity index (χ1v) is 5.57. The summed E-state index contributed by atoms with van der Waals surface area (Å²) in [7, 11) is 0. The summed E-state index contributed by atoms with van der Waals surface area (Å²) >= 11 is 0.834. The zero-order chi connectivity index (χ0) is 13.2. The number of H-pyrrole nitrogens is 1. The molecule has 0 spiro atoms. The Morgan fingerprint density at radius 2 is 2.18 bits per heavy atom. The number of primary amides is 1. The third kappa shape index (κ3) is 2.67. The summed E-state index contributed by atoms with van der Waals surface area (Å²) in [4.78, 5) is 33.2. The molecule has 94 valence electrons. The normalized spacial score (nSPS) is 11.4. The smallest absolute Gasteiger partial charge is 0.344 e. The molecule has 0 radical (unpaired) electrons. The van der Waals surface area contributed by atoms with E-state index < -0.39 is 23.1 Å². The van der Waals surface area contributed by atoms with E-state index in [1.807, 2.05) is 0 Å². The molecule has 1 heterocycles. The number of hydrogen-bond acceptors (Lipinski definition) is 5. The zero-order valence-corrected chi connectivity index (χ0v) is 10.1. The van der Waals surface area contributed by atoms with Crippen molar-refractivity contribution in [1.29, 1.82) is 0 Å². The highest BCUT2D eigenvalue weighted by Gasteiger charge is 2.32. The van der Waals surface area contributed by atoms with E-state index in [2.05, 4.69) is 10.2 Å². The predicted molar refractivity (Wildman–Crippen MR) is 59.7 cm³/mol. The molecule has 0 aromatic carbocycles. The van der Waals surface area contributed by atoms with Gasteiger partial charge in [-0.25, -0.2) is 9.89 Å². The van der Waals surface area contributed by atoms with Gasteiger partial charge in [-0.15, -0.1) is 5.10 Å². The zero-order valence-electron chi connectivity index (χ0n) is 9.26. The van der Waals surface area contributed by atoms with Crippen molar-refractivity contribution in [2.75, 3.05) is 5.75 Å². The van der Waals surface area contributed by atoms with Crippen LogP contribution in [-0.4, -0.2) is 37.5 Å². The molecule has 0 aliphatic heterocycles. The van der Waals surface area contributed by atoms with E-state index in [1.54, 1.807) is 0 Å². The van der Waals surface area contributed by atoms with Crippen LogP contribution in [0.5, 0.6) is 0 Å². The van der Waals surface area contributed by atoms with Gasteiger partial charge in [-0.3, -0.25) is 14.2 Å². The van der Waals surface area contributed by atoms with Gasteiger partial charge in [0.1, 0.15) is 5.54 Å². The van der Waals surface area contributed by atoms with Crippen molar-refractivity contribution in [3.05, 3.63) is 10.5 Å². The second-order valence-corrected chi connectivity index (χ2v) is 4.69. The van der Waals surface area contributed by atoms with Crippen LogP contribution in [0.3, 0.4) is 0 Å². The Bertz CT molecular complexity index is 504. The number of aliphatic carboxylic acids is 1. The molecule has 0 aliphatic carbocycles. The number of nitrogens with zero attached hydrogens (tertiary/aromatic N) is 2. The highest BCUT2D eigenvalue weighted by molar-refractivity contribution is 7.99. The van der Waals surface area contributed by atoms with Crippen LogP contribution >= 0.6 is 11.8 Å². The lowest BCUT2D eigenvalue weighted by atomic mass is 10.1. The van der Waals surface area contributed by atoms with Crippen LogP contribution in [0.4, 0.5) is 0 Å². The van der Waals surface area contributed by atoms with Crippen molar-refractivity contribution in [2.45, 2.75) is 24.5 Å². The fraction of sp³-hybridized carbons (Fsp3) is 0.500. The van der Waals surface area contributed by atoms with Crippen LogP contribution in [0, 0.1) is 0 Å². The Morgan fingerprint density at radius 3 is 2.65 bits per heavy atom. The van der Waals surface area contributed by atoms with Gasteiger partial charge in [-0.05, 0) is 13.8 Å². The van der Waals surface area contributed by atoms with Crippen LogP contribution in [0.15, 0.2) is 9.95 Å². The van der Waals surface area contributed by atoms with Crippen molar-refractivity contribution < 1.29 is 14.7 Å². The number of carboxylic acid groups (broad SMARTS) is 1. The fourth-order valence-corrected chi connectivity index (χ4v) is 1.91. The van der Waals surface area contributed by atoms with Crippen LogP contribution in [0.2, 0.25) is 0 Å². The summed E-state index contributed by atoms with van der Waals surface area (Å²) < 4.78 is 1.04. The van der Waals surface area contributed by atoms with Gasteiger partial charge >= 0.3 is 11.7 Å². The van der Waals surface area contributed by atoms with Crippen molar-refractivity contribution in [3.63, 3.8) is 0 Å². The van der Waals surface area contributed by atoms with E-state index in [-0.39, 0.29) is 10.9 Å². The molecule has 0 aliphatic rings. The average molecular weight is 260 g/mol. The molecule has 0 unspecified atom stereocenters. The monoisotopic (exact) mass is 260 g/mol. The Hall–Kier alpha value is -1.77. The molecule has 4 N–H and O–H groups in total. The molecule has 17 heavy (non-hydrogen) atoms. The number of hydrogen-bond donors (Lipinski definition) is 3. The summed E-state index contributed by atoms with van der Waals surface area (Å²) in [6, 6.07) is 0. The lowest BCUT2D eigenvalue weighted by Gasteiger charge is -2.22. The third-order valence-electron chi connectivity index (χ3n) is 2.13. The highest BCUT2D eigenvalue weighted by Crippen LogP contribution is 2.20. The van der Waals surface area contributed by atoms with E-state index in [0.717, 1.165) is 16.3 Å². The predicted octanol–water partition coefficient (Wildman–Crippen LogP) is -1.03. The van der Waals surface area contributed by atoms with Gasteiger partial charge in [-0.1, -0.05) is 11.8 Å². The maximum absolute atomic E-state index is 11.5. The van der Waals surface area contributed by atoms with Gasteiger partial charge in [-0.2, -0.15) is 0 Å². The van der Waals surface area contributed by atoms with Crippen molar-refractivity contribution in [1.82, 2.24) is 14.8 Å². The van der Waals surface area contributed by atoms with Crippen LogP contribution in [0.25, 0.3) is 0 Å². The lowest BCUT2D eigenvalue weighted by Crippen LogP contribution is -2.46. The van der Waals surface area contributed by atoms with Crippen LogP contribution < -0.4 is 11.4 Å². The molecule has 0 saturated carbocycles. The first kappa shape index (κ1) is 13.3. The summed E-state index contributed by atoms with van der Waals surface area (Å²) in [6.07, 6.45) is 0. The molecule has 0 saturated heterocycles. The molecular weight excluding hydrogens is 248 g/mol. The quantitative estimate of drug-likeness (QED) is 0.580. The number of carbonyl (C=O) groups is 2. The van der Waals surface area contributed by atoms with Crippen molar-refractivity contribution in [2.24, 2.45) is 5.73 Å². The van der Waals surface area contributed by atoms with Crippen molar-refractivity contribution >= 4 is 23.6 Å². The van der Waals surface area contributed by atoms with Gasteiger partial charge in [0.05, 0.1) is 5.75 Å². The number of nitrogens with one attached hydrogen (secondary N) is 1. The number of carbonyl (C=O) groups excluding carboxylic acids is 1. The number of carboxylic acids is 1. The topological polar surface area (TPSA) is 131 Å². The van der Waals surface area contributed by atoms with E-state index in [4.69, 9.17) is 10.8 Å². The SMILES string of the molecule is CC(C)(C(N)=O)n1c(SCC(=O)O)n[nH]c1=O. The van der Waals surface area contributed by atoms with Gasteiger partial charge in [0, 0.05) is 0 Å². The molecule has 8 nitrogen and oxygen atoms in total. The van der Waals surface area contributed by atoms with Gasteiger partial charge < -0.3 is 10.8 Å². The minimum atomic E-state index is -1.27. The maximum atomic E-state index is 11.5. The summed E-state index contributed by atoms with van der Waals surface area (Å²) in [5.74, 6) is -2.02. The second kappa shape index (κ2) is 4.62. The number of nitrogens with two attached hydrogens (primary N) is 1. The summed E-state index contributed by atoms with van der Waals surface area (Å²) in [5.41, 5.74) is 3.31. The third-order valence-corrected chi connectivity index (χ3v) is 3.05. The Kier molecular flexibility index (Phi) is 3.61. The molecule has 0 atom stereocenters. The van der Waals surface area contributed by atoms with E-state index in [0.29, 0.717) is 0 Å². The molecule has 0 fully saturated rings. The number of rotatable bonds is 5. The molecular formula is C8H12N4O4S. The Balaban J connectivity index is 3.15. The molecule has 1 aromatic rings. The second-order valence-electron chi connectivity index (χ2n) is 3.75. The van der Waals surface area contributed by atoms with E-state index in [1.165, 1.54) is 13.8 Å². The van der Waals surface area contributed by atoms with E-state index in [9.17, 15) is 14.4 Å². The number of aromatic nitrogens is 3. The molecule has 1 amide bonds. The standard InChI is InChI=1S/C8H12N4O4S/c1-8(2,5(9)15)12-6(16)10-11-7(12)17-3-4(13)14/h3H2,1-2H3,(H2,9,15)(H,10,16)(H,13,14). The fourth-order valence-electron chi connectivity index (χ4n) is 1.11. The first-order chi connectivity index (χ1) is 7.76. The van der Waals surface area contributed by atoms with E-state index >= 15 is 0 Å². The molecule has 0 bridgehead atoms. The van der Waals surface area contributed by atoms with Crippen molar-refractivity contribution in [3.8, 4) is 0 Å². The minimum Gasteiger partial charge on any atom is -0.481 e. The van der Waals surface area contributed by atoms with Crippen LogP contribution in [0.1, 0.15) is 13.8 Å². The largest absolute Gasteiger partial charge is 0.481 e. The molecule has 1 aromatic heterocycles. The summed E-state index contributed by atoms with van der Waals surface area (Å²) in [5, 5.41) is 14.5. The molecule has 9 heteroatoms. The van der Waals surface area contributed by atoms with Gasteiger partial charge in [0.15, 0.2) is 5.16 Å². The average Bonchev–Trinajstić information content (AvgIpc) is 2.56. The van der Waals surface area contributed by atoms with Gasteiger partial charge in [0.2, 0.25) is 5.91 Å². The number of amides is 1. The Labute approximate surface area is 100 Å². The molecule has 1 rings (SSSR count). The Morgan fingerprint density at radius 1 is 1.59 bits per heavy atom. The number of aromatic amines is 1. The first-order valence-electron chi connectivity index (χ1n) is 4.59. The lowest BCUT2D eigenvalue weighted by molar-refractivity contribution is -0.133. The summed E-state index contributed by atoms with van der Waals surface area (Å²) in [6.45, 7) is 2.91. The highest BCUT2D eigenvalue weighted by atomic mass is 32.2. The maximum Gasteiger partial charge on any atom is 0.344 e. The minimum absolute atomic E-state index is 0.112. The van der Waals surface area contributed by atoms with Gasteiger partial charge in [0.25, 0.3) is 0 Å². The number of thioether (sulfide) groups is 1.